The SMILES string of the molecule is O=C([O-])/C=C(\C(=O)[O-])S(=O)(=O)[O-].[Au+3].[Na+]. The second-order valence-corrected chi connectivity index (χ2v) is 2.92. The van der Waals surface area contributed by atoms with Gasteiger partial charge in [-0.1, -0.05) is 0 Å². The molecule has 0 amide bonds. The molecule has 0 aromatic carbocycles. The molecule has 0 saturated carbocycles. The largest absolute Gasteiger partial charge is 3.00 e. The number of carboxylic acid groups (broad SMARTS) is 2. The summed E-state index contributed by atoms with van der Waals surface area (Å²) in [5, 5.41) is 19.5. The Morgan fingerprint density at radius 1 is 1.14 bits per heavy atom. The first-order valence-corrected chi connectivity index (χ1v) is 3.76. The molecule has 0 saturated heterocycles. The molecule has 0 spiro atoms. The van der Waals surface area contributed by atoms with Crippen molar-refractivity contribution in [1.29, 1.82) is 0 Å². The molecule has 14 heavy (non-hydrogen) atoms. The summed E-state index contributed by atoms with van der Waals surface area (Å²) >= 11 is 0. The molecular formula is C4HAuNaO7S+. The predicted octanol–water partition coefficient (Wildman–Crippen LogP) is -7.08. The van der Waals surface area contributed by atoms with E-state index in [0.717, 1.165) is 0 Å². The average Bonchev–Trinajstić information content (AvgIpc) is 1.79. The molecule has 0 unspecified atom stereocenters. The van der Waals surface area contributed by atoms with Gasteiger partial charge < -0.3 is 24.4 Å². The average molecular weight is 413 g/mol. The smallest absolute Gasteiger partial charge is 0.744 e. The van der Waals surface area contributed by atoms with Crippen molar-refractivity contribution in [1.82, 2.24) is 0 Å². The normalized spacial score (nSPS) is 10.8. The topological polar surface area (TPSA) is 137 Å². The van der Waals surface area contributed by atoms with Gasteiger partial charge in [0.05, 0.1) is 16.8 Å². The minimum Gasteiger partial charge on any atom is -0.744 e. The zero-order valence-corrected chi connectivity index (χ0v) is 11.6. The number of aliphatic carboxylic acids is 2. The summed E-state index contributed by atoms with van der Waals surface area (Å²) in [5.74, 6) is -4.48. The van der Waals surface area contributed by atoms with Gasteiger partial charge in [0, 0.05) is 0 Å². The van der Waals surface area contributed by atoms with Gasteiger partial charge in [-0.25, -0.2) is 8.42 Å². The second-order valence-electron chi connectivity index (χ2n) is 1.57. The van der Waals surface area contributed by atoms with Gasteiger partial charge in [-0.2, -0.15) is 0 Å². The summed E-state index contributed by atoms with van der Waals surface area (Å²) in [6, 6.07) is 0. The van der Waals surface area contributed by atoms with E-state index in [-0.39, 0.29) is 58.0 Å². The number of hydrogen-bond acceptors (Lipinski definition) is 7. The van der Waals surface area contributed by atoms with E-state index in [1.54, 1.807) is 0 Å². The van der Waals surface area contributed by atoms with Crippen LogP contribution in [0.4, 0.5) is 0 Å². The molecule has 0 aromatic rings. The zero-order valence-electron chi connectivity index (χ0n) is 6.64. The first-order chi connectivity index (χ1) is 5.25. The minimum atomic E-state index is -5.33. The van der Waals surface area contributed by atoms with E-state index in [1.165, 1.54) is 0 Å². The monoisotopic (exact) mass is 413 g/mol. The van der Waals surface area contributed by atoms with Crippen LogP contribution in [0.25, 0.3) is 0 Å². The number of rotatable bonds is 3. The van der Waals surface area contributed by atoms with E-state index >= 15 is 0 Å². The van der Waals surface area contributed by atoms with Gasteiger partial charge in [0.2, 0.25) is 0 Å². The molecule has 7 nitrogen and oxygen atoms in total. The Kier molecular flexibility index (Phi) is 10.8. The van der Waals surface area contributed by atoms with Gasteiger partial charge in [-0.3, -0.25) is 0 Å². The van der Waals surface area contributed by atoms with Crippen molar-refractivity contribution in [2.24, 2.45) is 0 Å². The summed E-state index contributed by atoms with van der Waals surface area (Å²) in [6.07, 6.45) is -0.350. The Morgan fingerprint density at radius 2 is 1.50 bits per heavy atom. The van der Waals surface area contributed by atoms with Gasteiger partial charge in [0.15, 0.2) is 0 Å². The van der Waals surface area contributed by atoms with Crippen molar-refractivity contribution in [2.75, 3.05) is 0 Å². The summed E-state index contributed by atoms with van der Waals surface area (Å²) in [4.78, 5) is 17.7. The zero-order chi connectivity index (χ0) is 9.94. The van der Waals surface area contributed by atoms with Crippen LogP contribution in [0.5, 0.6) is 0 Å². The van der Waals surface area contributed by atoms with Crippen LogP contribution in [0.3, 0.4) is 0 Å². The Morgan fingerprint density at radius 3 is 1.57 bits per heavy atom. The molecule has 0 aliphatic heterocycles. The molecule has 0 aliphatic rings. The maximum absolute atomic E-state index is 9.97. The number of carboxylic acids is 2. The number of hydrogen-bond donors (Lipinski definition) is 0. The molecule has 10 heteroatoms. The number of carbonyl (C=O) groups is 2. The van der Waals surface area contributed by atoms with Crippen molar-refractivity contribution in [2.45, 2.75) is 0 Å². The van der Waals surface area contributed by atoms with Crippen LogP contribution >= 0.6 is 0 Å². The van der Waals surface area contributed by atoms with Gasteiger partial charge in [0.25, 0.3) is 0 Å². The fourth-order valence-electron chi connectivity index (χ4n) is 0.340. The molecule has 0 heterocycles. The van der Waals surface area contributed by atoms with E-state index in [9.17, 15) is 32.8 Å². The van der Waals surface area contributed by atoms with E-state index < -0.39 is 27.0 Å². The molecule has 0 rings (SSSR count). The Bertz CT molecular complexity index is 345. The summed E-state index contributed by atoms with van der Waals surface area (Å²) in [5.41, 5.74) is 0. The second kappa shape index (κ2) is 7.60. The molecule has 0 bridgehead atoms. The maximum atomic E-state index is 9.97. The molecule has 0 aliphatic carbocycles. The Hall–Kier alpha value is 0.330. The predicted molar refractivity (Wildman–Crippen MR) is 27.8 cm³/mol. The van der Waals surface area contributed by atoms with Crippen molar-refractivity contribution >= 4 is 22.1 Å². The van der Waals surface area contributed by atoms with Crippen LogP contribution < -0.4 is 39.8 Å². The number of carbonyl (C=O) groups excluding carboxylic acids is 2. The third-order valence-electron chi connectivity index (χ3n) is 0.719. The van der Waals surface area contributed by atoms with Crippen LogP contribution in [-0.4, -0.2) is 24.9 Å². The summed E-state index contributed by atoms with van der Waals surface area (Å²) in [6.45, 7) is 0. The van der Waals surface area contributed by atoms with Crippen LogP contribution in [0.15, 0.2) is 11.0 Å². The van der Waals surface area contributed by atoms with Crippen LogP contribution in [0, 0.1) is 0 Å². The first-order valence-electron chi connectivity index (χ1n) is 2.35. The maximum Gasteiger partial charge on any atom is 3.00 e. The third-order valence-corrected chi connectivity index (χ3v) is 1.54. The first kappa shape index (κ1) is 19.8. The Labute approximate surface area is 117 Å². The quantitative estimate of drug-likeness (QED) is 0.255. The molecular weight excluding hydrogens is 412 g/mol. The fourth-order valence-corrected chi connectivity index (χ4v) is 0.785. The van der Waals surface area contributed by atoms with Gasteiger partial charge >= 0.3 is 51.9 Å². The van der Waals surface area contributed by atoms with E-state index in [1.807, 2.05) is 0 Å². The van der Waals surface area contributed by atoms with Crippen molar-refractivity contribution in [3.63, 3.8) is 0 Å². The molecule has 0 atom stereocenters. The molecule has 0 fully saturated rings. The van der Waals surface area contributed by atoms with Gasteiger partial charge in [0.1, 0.15) is 10.1 Å². The van der Waals surface area contributed by atoms with Crippen molar-refractivity contribution < 1.29 is 84.7 Å². The van der Waals surface area contributed by atoms with Crippen molar-refractivity contribution in [3.8, 4) is 0 Å². The molecule has 0 aromatic heterocycles. The van der Waals surface area contributed by atoms with E-state index in [0.29, 0.717) is 0 Å². The van der Waals surface area contributed by atoms with E-state index in [4.69, 9.17) is 0 Å². The third kappa shape index (κ3) is 7.71. The standard InChI is InChI=1S/C4H4O7S.Au.Na/c5-3(6)1-2(4(7)8)12(9,10)11;;/h1H,(H,5,6)(H,7,8)(H,9,10,11);;/q;+3;+1/p-3/b2-1+;;. The fraction of sp³-hybridized carbons (Fsp3) is 0. The molecule has 0 N–H and O–H groups in total. The van der Waals surface area contributed by atoms with Crippen LogP contribution in [0.2, 0.25) is 0 Å². The summed E-state index contributed by atoms with van der Waals surface area (Å²) < 4.78 is 29.9. The Balaban J connectivity index is -0.000000605. The van der Waals surface area contributed by atoms with Crippen LogP contribution in [0.1, 0.15) is 0 Å². The molecule has 0 radical (unpaired) electrons. The summed E-state index contributed by atoms with van der Waals surface area (Å²) in [7, 11) is -5.33. The van der Waals surface area contributed by atoms with E-state index in [2.05, 4.69) is 0 Å². The van der Waals surface area contributed by atoms with Gasteiger partial charge in [-0.05, 0) is 6.08 Å². The van der Waals surface area contributed by atoms with Crippen molar-refractivity contribution in [3.05, 3.63) is 11.0 Å². The van der Waals surface area contributed by atoms with Crippen LogP contribution in [-0.2, 0) is 42.1 Å². The van der Waals surface area contributed by atoms with Gasteiger partial charge in [-0.15, -0.1) is 0 Å². The minimum absolute atomic E-state index is 0. The molecule has 76 valence electrons.